The van der Waals surface area contributed by atoms with E-state index in [0.717, 1.165) is 5.76 Å². The Morgan fingerprint density at radius 1 is 1.50 bits per heavy atom. The summed E-state index contributed by atoms with van der Waals surface area (Å²) in [6.07, 6.45) is 0. The van der Waals surface area contributed by atoms with Crippen molar-refractivity contribution in [2.75, 3.05) is 7.05 Å². The Morgan fingerprint density at radius 3 is 2.79 bits per heavy atom. The second-order valence-corrected chi connectivity index (χ2v) is 3.38. The lowest BCUT2D eigenvalue weighted by Gasteiger charge is -2.04. The van der Waals surface area contributed by atoms with E-state index in [2.05, 4.69) is 24.5 Å². The molecule has 0 atom stereocenters. The number of rotatable bonds is 4. The Labute approximate surface area is 83.7 Å². The number of carbonyl (C=O) groups is 1. The minimum absolute atomic E-state index is 0.194. The molecule has 0 saturated carbocycles. The van der Waals surface area contributed by atoms with Gasteiger partial charge in [0.2, 0.25) is 0 Å². The van der Waals surface area contributed by atoms with Crippen molar-refractivity contribution in [3.63, 3.8) is 0 Å². The van der Waals surface area contributed by atoms with Gasteiger partial charge in [-0.1, -0.05) is 13.8 Å². The van der Waals surface area contributed by atoms with Crippen molar-refractivity contribution in [2.45, 2.75) is 26.4 Å². The predicted molar refractivity (Wildman–Crippen MR) is 54.1 cm³/mol. The molecule has 1 aromatic rings. The Bertz CT molecular complexity index is 305. The maximum absolute atomic E-state index is 11.1. The molecule has 0 fully saturated rings. The third kappa shape index (κ3) is 2.88. The molecule has 4 heteroatoms. The molecular weight excluding hydrogens is 180 g/mol. The summed E-state index contributed by atoms with van der Waals surface area (Å²) >= 11 is 0. The maximum atomic E-state index is 11.1. The van der Waals surface area contributed by atoms with Crippen molar-refractivity contribution in [1.29, 1.82) is 0 Å². The first-order valence-electron chi connectivity index (χ1n) is 4.67. The Balaban J connectivity index is 2.55. The Kier molecular flexibility index (Phi) is 3.71. The number of hydrogen-bond acceptors (Lipinski definition) is 3. The molecule has 1 rings (SSSR count). The number of hydrogen-bond donors (Lipinski definition) is 2. The van der Waals surface area contributed by atoms with E-state index < -0.39 is 0 Å². The fourth-order valence-electron chi connectivity index (χ4n) is 1.02. The predicted octanol–water partition coefficient (Wildman–Crippen LogP) is 1.14. The molecular formula is C10H16N2O2. The molecule has 1 aromatic heterocycles. The lowest BCUT2D eigenvalue weighted by atomic mass is 10.3. The summed E-state index contributed by atoms with van der Waals surface area (Å²) < 4.78 is 5.31. The second-order valence-electron chi connectivity index (χ2n) is 3.38. The number of carbonyl (C=O) groups excluding carboxylic acids is 1. The molecule has 0 spiro atoms. The third-order valence-corrected chi connectivity index (χ3v) is 1.80. The second kappa shape index (κ2) is 4.81. The summed E-state index contributed by atoms with van der Waals surface area (Å²) in [5.74, 6) is 0.936. The van der Waals surface area contributed by atoms with Crippen molar-refractivity contribution in [3.8, 4) is 0 Å². The van der Waals surface area contributed by atoms with Gasteiger partial charge in [0, 0.05) is 13.1 Å². The number of amides is 1. The van der Waals surface area contributed by atoms with Crippen molar-refractivity contribution >= 4 is 5.91 Å². The first kappa shape index (κ1) is 10.8. The van der Waals surface area contributed by atoms with Crippen LogP contribution in [0.15, 0.2) is 16.5 Å². The molecule has 14 heavy (non-hydrogen) atoms. The number of nitrogens with one attached hydrogen (secondary N) is 2. The fourth-order valence-corrected chi connectivity index (χ4v) is 1.02. The van der Waals surface area contributed by atoms with E-state index in [-0.39, 0.29) is 5.91 Å². The SMILES string of the molecule is CNC(=O)c1ccc(CNC(C)C)o1. The van der Waals surface area contributed by atoms with Crippen LogP contribution in [0.1, 0.15) is 30.2 Å². The molecule has 0 aliphatic carbocycles. The zero-order chi connectivity index (χ0) is 10.6. The van der Waals surface area contributed by atoms with Gasteiger partial charge in [0.1, 0.15) is 5.76 Å². The van der Waals surface area contributed by atoms with Crippen LogP contribution in [-0.2, 0) is 6.54 Å². The molecule has 78 valence electrons. The Morgan fingerprint density at radius 2 is 2.21 bits per heavy atom. The minimum Gasteiger partial charge on any atom is -0.455 e. The van der Waals surface area contributed by atoms with E-state index in [0.29, 0.717) is 18.3 Å². The van der Waals surface area contributed by atoms with E-state index in [1.165, 1.54) is 0 Å². The van der Waals surface area contributed by atoms with Gasteiger partial charge in [0.25, 0.3) is 5.91 Å². The van der Waals surface area contributed by atoms with E-state index in [1.54, 1.807) is 19.2 Å². The molecule has 0 bridgehead atoms. The largest absolute Gasteiger partial charge is 0.455 e. The minimum atomic E-state index is -0.194. The van der Waals surface area contributed by atoms with Gasteiger partial charge in [-0.3, -0.25) is 4.79 Å². The van der Waals surface area contributed by atoms with Crippen LogP contribution < -0.4 is 10.6 Å². The molecule has 0 aliphatic rings. The summed E-state index contributed by atoms with van der Waals surface area (Å²) in [5.41, 5.74) is 0. The highest BCUT2D eigenvalue weighted by Gasteiger charge is 2.08. The van der Waals surface area contributed by atoms with Crippen molar-refractivity contribution < 1.29 is 9.21 Å². The molecule has 0 radical (unpaired) electrons. The van der Waals surface area contributed by atoms with E-state index in [4.69, 9.17) is 4.42 Å². The van der Waals surface area contributed by atoms with E-state index in [1.807, 2.05) is 0 Å². The van der Waals surface area contributed by atoms with Crippen LogP contribution in [-0.4, -0.2) is 19.0 Å². The van der Waals surface area contributed by atoms with Crippen molar-refractivity contribution in [1.82, 2.24) is 10.6 Å². The lowest BCUT2D eigenvalue weighted by molar-refractivity contribution is 0.0933. The summed E-state index contributed by atoms with van der Waals surface area (Å²) in [4.78, 5) is 11.1. The van der Waals surface area contributed by atoms with Crippen LogP contribution in [0.5, 0.6) is 0 Å². The summed E-state index contributed by atoms with van der Waals surface area (Å²) in [7, 11) is 1.58. The van der Waals surface area contributed by atoms with Crippen LogP contribution in [0, 0.1) is 0 Å². The highest BCUT2D eigenvalue weighted by molar-refractivity contribution is 5.91. The van der Waals surface area contributed by atoms with Gasteiger partial charge in [0.05, 0.1) is 6.54 Å². The fraction of sp³-hybridized carbons (Fsp3) is 0.500. The highest BCUT2D eigenvalue weighted by Crippen LogP contribution is 2.07. The van der Waals surface area contributed by atoms with Gasteiger partial charge in [0.15, 0.2) is 5.76 Å². The average molecular weight is 196 g/mol. The van der Waals surface area contributed by atoms with Gasteiger partial charge in [-0.15, -0.1) is 0 Å². The van der Waals surface area contributed by atoms with Gasteiger partial charge in [-0.05, 0) is 12.1 Å². The molecule has 1 amide bonds. The smallest absolute Gasteiger partial charge is 0.286 e. The normalized spacial score (nSPS) is 10.6. The molecule has 4 nitrogen and oxygen atoms in total. The molecule has 0 saturated heterocycles. The van der Waals surface area contributed by atoms with Gasteiger partial charge in [-0.25, -0.2) is 0 Å². The van der Waals surface area contributed by atoms with Gasteiger partial charge < -0.3 is 15.1 Å². The lowest BCUT2D eigenvalue weighted by Crippen LogP contribution is -2.21. The summed E-state index contributed by atoms with van der Waals surface area (Å²) in [6.45, 7) is 4.76. The molecule has 1 heterocycles. The monoisotopic (exact) mass is 196 g/mol. The van der Waals surface area contributed by atoms with Crippen LogP contribution in [0.4, 0.5) is 0 Å². The summed E-state index contributed by atoms with van der Waals surface area (Å²) in [6, 6.07) is 3.89. The first-order valence-corrected chi connectivity index (χ1v) is 4.67. The van der Waals surface area contributed by atoms with Crippen molar-refractivity contribution in [2.24, 2.45) is 0 Å². The first-order chi connectivity index (χ1) is 6.63. The topological polar surface area (TPSA) is 54.3 Å². The quantitative estimate of drug-likeness (QED) is 0.759. The molecule has 0 aromatic carbocycles. The average Bonchev–Trinajstić information content (AvgIpc) is 2.62. The maximum Gasteiger partial charge on any atom is 0.286 e. The van der Waals surface area contributed by atoms with E-state index in [9.17, 15) is 4.79 Å². The summed E-state index contributed by atoms with van der Waals surface area (Å²) in [5, 5.41) is 5.71. The number of furan rings is 1. The molecule has 0 aliphatic heterocycles. The molecule has 0 unspecified atom stereocenters. The van der Waals surface area contributed by atoms with Crippen LogP contribution in [0.25, 0.3) is 0 Å². The van der Waals surface area contributed by atoms with Gasteiger partial charge >= 0.3 is 0 Å². The zero-order valence-electron chi connectivity index (χ0n) is 8.76. The van der Waals surface area contributed by atoms with Crippen LogP contribution in [0.3, 0.4) is 0 Å². The highest BCUT2D eigenvalue weighted by atomic mass is 16.4. The van der Waals surface area contributed by atoms with Gasteiger partial charge in [-0.2, -0.15) is 0 Å². The van der Waals surface area contributed by atoms with Crippen molar-refractivity contribution in [3.05, 3.63) is 23.7 Å². The van der Waals surface area contributed by atoms with Crippen LogP contribution >= 0.6 is 0 Å². The Hall–Kier alpha value is -1.29. The van der Waals surface area contributed by atoms with Crippen LogP contribution in [0.2, 0.25) is 0 Å². The standard InChI is InChI=1S/C10H16N2O2/c1-7(2)12-6-8-4-5-9(14-8)10(13)11-3/h4-5,7,12H,6H2,1-3H3,(H,11,13). The zero-order valence-corrected chi connectivity index (χ0v) is 8.76. The third-order valence-electron chi connectivity index (χ3n) is 1.80. The molecule has 2 N–H and O–H groups in total. The van der Waals surface area contributed by atoms with E-state index >= 15 is 0 Å².